The molecule has 5 nitrogen and oxygen atoms in total. The maximum absolute atomic E-state index is 12.4. The van der Waals surface area contributed by atoms with Crippen molar-refractivity contribution in [3.63, 3.8) is 0 Å². The number of nitrogens with zero attached hydrogens (tertiary/aromatic N) is 1. The van der Waals surface area contributed by atoms with E-state index in [0.717, 1.165) is 37.9 Å². The second kappa shape index (κ2) is 7.45. The highest BCUT2D eigenvalue weighted by Crippen LogP contribution is 2.22. The van der Waals surface area contributed by atoms with Gasteiger partial charge in [-0.05, 0) is 57.1 Å². The first-order valence-corrected chi connectivity index (χ1v) is 9.99. The number of carbonyl (C=O) groups is 1. The molecule has 0 saturated carbocycles. The molecule has 0 aliphatic carbocycles. The van der Waals surface area contributed by atoms with E-state index >= 15 is 0 Å². The number of hydrogen-bond donors (Lipinski definition) is 1. The van der Waals surface area contributed by atoms with E-state index in [9.17, 15) is 13.2 Å². The van der Waals surface area contributed by atoms with E-state index in [1.807, 2.05) is 6.92 Å². The van der Waals surface area contributed by atoms with Crippen molar-refractivity contribution >= 4 is 15.7 Å². The van der Waals surface area contributed by atoms with Gasteiger partial charge in [-0.1, -0.05) is 19.1 Å². The van der Waals surface area contributed by atoms with Crippen LogP contribution in [0, 0.1) is 5.92 Å². The Kier molecular flexibility index (Phi) is 5.81. The van der Waals surface area contributed by atoms with E-state index in [2.05, 4.69) is 17.3 Å². The number of sulfone groups is 1. The summed E-state index contributed by atoms with van der Waals surface area (Å²) in [6, 6.07) is 6.72. The van der Waals surface area contributed by atoms with Gasteiger partial charge in [0.05, 0.1) is 10.9 Å². The molecule has 1 aliphatic heterocycles. The van der Waals surface area contributed by atoms with Crippen molar-refractivity contribution in [2.45, 2.75) is 37.1 Å². The highest BCUT2D eigenvalue weighted by atomic mass is 32.2. The van der Waals surface area contributed by atoms with Gasteiger partial charge in [0.1, 0.15) is 0 Å². The molecule has 128 valence electrons. The van der Waals surface area contributed by atoms with Crippen LogP contribution < -0.4 is 5.32 Å². The average molecular weight is 338 g/mol. The summed E-state index contributed by atoms with van der Waals surface area (Å²) in [5, 5.41) is 3.12. The number of amides is 1. The highest BCUT2D eigenvalue weighted by molar-refractivity contribution is 7.90. The molecule has 0 radical (unpaired) electrons. The standard InChI is InChI=1S/C17H26N2O3S/c1-4-16(13-5-7-15(8-6-13)23(3,21)22)18-17(20)14-9-11-19(2)12-10-14/h5-8,14,16H,4,9-12H2,1-3H3,(H,18,20). The third-order valence-corrected chi connectivity index (χ3v) is 5.65. The van der Waals surface area contributed by atoms with Crippen molar-refractivity contribution in [2.24, 2.45) is 5.92 Å². The summed E-state index contributed by atoms with van der Waals surface area (Å²) in [6.45, 7) is 3.93. The fourth-order valence-electron chi connectivity index (χ4n) is 2.93. The molecule has 1 amide bonds. The lowest BCUT2D eigenvalue weighted by Gasteiger charge is -2.29. The topological polar surface area (TPSA) is 66.5 Å². The Hall–Kier alpha value is -1.40. The van der Waals surface area contributed by atoms with Crippen LogP contribution in [0.4, 0.5) is 0 Å². The molecule has 1 fully saturated rings. The maximum Gasteiger partial charge on any atom is 0.223 e. The summed E-state index contributed by atoms with van der Waals surface area (Å²) < 4.78 is 23.0. The highest BCUT2D eigenvalue weighted by Gasteiger charge is 2.25. The molecule has 0 aromatic heterocycles. The lowest BCUT2D eigenvalue weighted by atomic mass is 9.95. The van der Waals surface area contributed by atoms with Crippen LogP contribution in [-0.4, -0.2) is 45.6 Å². The van der Waals surface area contributed by atoms with Gasteiger partial charge in [-0.3, -0.25) is 4.79 Å². The van der Waals surface area contributed by atoms with Crippen LogP contribution in [0.3, 0.4) is 0 Å². The first-order chi connectivity index (χ1) is 10.8. The lowest BCUT2D eigenvalue weighted by Crippen LogP contribution is -2.40. The Morgan fingerprint density at radius 2 is 1.83 bits per heavy atom. The normalized spacial score (nSPS) is 18.6. The zero-order valence-corrected chi connectivity index (χ0v) is 14.9. The van der Waals surface area contributed by atoms with Gasteiger partial charge in [-0.2, -0.15) is 0 Å². The molecule has 0 spiro atoms. The molecule has 1 aliphatic rings. The molecule has 2 rings (SSSR count). The molecule has 1 saturated heterocycles. The van der Waals surface area contributed by atoms with Crippen LogP contribution in [0.15, 0.2) is 29.2 Å². The van der Waals surface area contributed by atoms with Crippen LogP contribution in [0.5, 0.6) is 0 Å². The lowest BCUT2D eigenvalue weighted by molar-refractivity contribution is -0.127. The van der Waals surface area contributed by atoms with Gasteiger partial charge >= 0.3 is 0 Å². The SMILES string of the molecule is CCC(NC(=O)C1CCN(C)CC1)c1ccc(S(C)(=O)=O)cc1. The predicted octanol–water partition coefficient (Wildman–Crippen LogP) is 2.00. The number of likely N-dealkylation sites (tertiary alicyclic amines) is 1. The number of rotatable bonds is 5. The van der Waals surface area contributed by atoms with E-state index in [1.165, 1.54) is 6.26 Å². The van der Waals surface area contributed by atoms with Gasteiger partial charge in [-0.15, -0.1) is 0 Å². The second-order valence-electron chi connectivity index (χ2n) is 6.39. The number of carbonyl (C=O) groups excluding carboxylic acids is 1. The Labute approximate surface area is 139 Å². The molecule has 0 bridgehead atoms. The third-order valence-electron chi connectivity index (χ3n) is 4.52. The molecule has 6 heteroatoms. The average Bonchev–Trinajstić information content (AvgIpc) is 2.52. The van der Waals surface area contributed by atoms with Gasteiger partial charge in [-0.25, -0.2) is 8.42 Å². The Balaban J connectivity index is 2.03. The number of nitrogens with one attached hydrogen (secondary N) is 1. The first kappa shape index (κ1) is 17.9. The molecular weight excluding hydrogens is 312 g/mol. The van der Waals surface area contributed by atoms with Crippen LogP contribution in [0.25, 0.3) is 0 Å². The van der Waals surface area contributed by atoms with E-state index in [1.54, 1.807) is 24.3 Å². The Morgan fingerprint density at radius 1 is 1.26 bits per heavy atom. The molecule has 1 heterocycles. The smallest absolute Gasteiger partial charge is 0.223 e. The summed E-state index contributed by atoms with van der Waals surface area (Å²) in [4.78, 5) is 15.0. The summed E-state index contributed by atoms with van der Waals surface area (Å²) in [6.07, 6.45) is 3.76. The van der Waals surface area contributed by atoms with Crippen LogP contribution in [0.2, 0.25) is 0 Å². The maximum atomic E-state index is 12.4. The molecule has 1 aromatic carbocycles. The van der Waals surface area contributed by atoms with E-state index in [-0.39, 0.29) is 17.9 Å². The molecule has 1 aromatic rings. The fraction of sp³-hybridized carbons (Fsp3) is 0.588. The number of piperidine rings is 1. The van der Waals surface area contributed by atoms with Crippen molar-refractivity contribution in [3.8, 4) is 0 Å². The summed E-state index contributed by atoms with van der Waals surface area (Å²) in [5.74, 6) is 0.188. The van der Waals surface area contributed by atoms with Crippen molar-refractivity contribution in [1.82, 2.24) is 10.2 Å². The fourth-order valence-corrected chi connectivity index (χ4v) is 3.56. The number of hydrogen-bond acceptors (Lipinski definition) is 4. The van der Waals surface area contributed by atoms with Gasteiger partial charge in [0, 0.05) is 12.2 Å². The Bertz CT molecular complexity index is 632. The molecule has 1 N–H and O–H groups in total. The van der Waals surface area contributed by atoms with Crippen molar-refractivity contribution in [1.29, 1.82) is 0 Å². The van der Waals surface area contributed by atoms with Gasteiger partial charge < -0.3 is 10.2 Å². The van der Waals surface area contributed by atoms with E-state index in [0.29, 0.717) is 4.90 Å². The summed E-state index contributed by atoms with van der Waals surface area (Å²) in [5.41, 5.74) is 0.946. The third kappa shape index (κ3) is 4.78. The van der Waals surface area contributed by atoms with Crippen LogP contribution >= 0.6 is 0 Å². The van der Waals surface area contributed by atoms with E-state index in [4.69, 9.17) is 0 Å². The summed E-state index contributed by atoms with van der Waals surface area (Å²) >= 11 is 0. The summed E-state index contributed by atoms with van der Waals surface area (Å²) in [7, 11) is -1.11. The van der Waals surface area contributed by atoms with Crippen molar-refractivity contribution in [2.75, 3.05) is 26.4 Å². The van der Waals surface area contributed by atoms with Gasteiger partial charge in [0.2, 0.25) is 5.91 Å². The monoisotopic (exact) mass is 338 g/mol. The zero-order chi connectivity index (χ0) is 17.0. The first-order valence-electron chi connectivity index (χ1n) is 8.10. The minimum Gasteiger partial charge on any atom is -0.349 e. The molecule has 1 unspecified atom stereocenters. The quantitative estimate of drug-likeness (QED) is 0.892. The largest absolute Gasteiger partial charge is 0.349 e. The van der Waals surface area contributed by atoms with E-state index < -0.39 is 9.84 Å². The van der Waals surface area contributed by atoms with Crippen molar-refractivity contribution < 1.29 is 13.2 Å². The van der Waals surface area contributed by atoms with Gasteiger partial charge in [0.15, 0.2) is 9.84 Å². The van der Waals surface area contributed by atoms with Crippen LogP contribution in [0.1, 0.15) is 37.8 Å². The minimum atomic E-state index is -3.19. The second-order valence-corrected chi connectivity index (χ2v) is 8.40. The predicted molar refractivity (Wildman–Crippen MR) is 90.9 cm³/mol. The van der Waals surface area contributed by atoms with Crippen LogP contribution in [-0.2, 0) is 14.6 Å². The minimum absolute atomic E-state index is 0.0734. The molecule has 1 atom stereocenters. The van der Waals surface area contributed by atoms with Crippen molar-refractivity contribution in [3.05, 3.63) is 29.8 Å². The Morgan fingerprint density at radius 3 is 2.30 bits per heavy atom. The molecule has 23 heavy (non-hydrogen) atoms. The number of benzene rings is 1. The molecular formula is C17H26N2O3S. The van der Waals surface area contributed by atoms with Gasteiger partial charge in [0.25, 0.3) is 0 Å². The zero-order valence-electron chi connectivity index (χ0n) is 14.1.